The van der Waals surface area contributed by atoms with Crippen LogP contribution in [0.3, 0.4) is 0 Å². The predicted molar refractivity (Wildman–Crippen MR) is 128 cm³/mol. The summed E-state index contributed by atoms with van der Waals surface area (Å²) in [7, 11) is 0. The first kappa shape index (κ1) is 18.6. The van der Waals surface area contributed by atoms with E-state index in [1.807, 2.05) is 6.07 Å². The third-order valence-electron chi connectivity index (χ3n) is 5.34. The molecule has 4 aromatic rings. The Morgan fingerprint density at radius 2 is 1.69 bits per heavy atom. The topological polar surface area (TPSA) is 19.4 Å². The number of rotatable bonds is 3. The Bertz CT molecular complexity index is 1210. The minimum Gasteiger partial charge on any atom is -0.312 e. The van der Waals surface area contributed by atoms with Crippen LogP contribution < -0.4 is 4.90 Å². The summed E-state index contributed by atoms with van der Waals surface area (Å²) in [5.41, 5.74) is 5.74. The van der Waals surface area contributed by atoms with Crippen LogP contribution in [-0.2, 0) is 6.54 Å². The first-order valence-corrected chi connectivity index (χ1v) is 11.1. The quantitative estimate of drug-likeness (QED) is 0.303. The molecule has 0 N–H and O–H groups in total. The second-order valence-corrected chi connectivity index (χ2v) is 8.95. The zero-order valence-corrected chi connectivity index (χ0v) is 17.8. The highest BCUT2D eigenvalue weighted by molar-refractivity contribution is 8.23. The van der Waals surface area contributed by atoms with Crippen molar-refractivity contribution in [2.24, 2.45) is 0 Å². The molecule has 144 valence electrons. The van der Waals surface area contributed by atoms with Crippen molar-refractivity contribution >= 4 is 55.8 Å². The van der Waals surface area contributed by atoms with Crippen LogP contribution in [0.25, 0.3) is 21.8 Å². The van der Waals surface area contributed by atoms with E-state index in [2.05, 4.69) is 83.5 Å². The van der Waals surface area contributed by atoms with Crippen LogP contribution in [0, 0.1) is 6.92 Å². The Morgan fingerprint density at radius 1 is 0.931 bits per heavy atom. The van der Waals surface area contributed by atoms with Crippen molar-refractivity contribution in [3.63, 3.8) is 0 Å². The van der Waals surface area contributed by atoms with E-state index in [4.69, 9.17) is 17.2 Å². The fourth-order valence-electron chi connectivity index (χ4n) is 3.95. The zero-order chi connectivity index (χ0) is 19.8. The van der Waals surface area contributed by atoms with Crippen molar-refractivity contribution in [1.29, 1.82) is 0 Å². The summed E-state index contributed by atoms with van der Waals surface area (Å²) in [5.74, 6) is 0.907. The van der Waals surface area contributed by atoms with E-state index in [-0.39, 0.29) is 0 Å². The molecule has 0 saturated carbocycles. The Morgan fingerprint density at radius 3 is 2.55 bits per heavy atom. The molecule has 5 heteroatoms. The van der Waals surface area contributed by atoms with Crippen LogP contribution in [-0.4, -0.2) is 26.7 Å². The maximum Gasteiger partial charge on any atom is 0.143 e. The van der Waals surface area contributed by atoms with E-state index < -0.39 is 0 Å². The van der Waals surface area contributed by atoms with E-state index in [9.17, 15) is 0 Å². The average molecular weight is 416 g/mol. The van der Waals surface area contributed by atoms with Crippen molar-refractivity contribution in [2.75, 3.05) is 17.4 Å². The van der Waals surface area contributed by atoms with Crippen molar-refractivity contribution < 1.29 is 0 Å². The molecule has 0 spiro atoms. The van der Waals surface area contributed by atoms with Gasteiger partial charge in [-0.2, -0.15) is 0 Å². The van der Waals surface area contributed by atoms with Gasteiger partial charge in [0.2, 0.25) is 0 Å². The zero-order valence-electron chi connectivity index (χ0n) is 16.2. The summed E-state index contributed by atoms with van der Waals surface area (Å²) in [6.45, 7) is 3.81. The number of aryl methyl sites for hydroxylation is 1. The Balaban J connectivity index is 1.62. The molecule has 1 aliphatic rings. The van der Waals surface area contributed by atoms with Gasteiger partial charge >= 0.3 is 0 Å². The molecule has 2 heterocycles. The average Bonchev–Trinajstić information content (AvgIpc) is 2.75. The molecule has 1 aliphatic heterocycles. The normalized spacial score (nSPS) is 15.3. The van der Waals surface area contributed by atoms with Gasteiger partial charge in [0.15, 0.2) is 0 Å². The van der Waals surface area contributed by atoms with Crippen LogP contribution in [0.5, 0.6) is 0 Å². The molecule has 0 bridgehead atoms. The predicted octanol–water partition coefficient (Wildman–Crippen LogP) is 5.95. The number of hydrogen-bond acceptors (Lipinski definition) is 4. The minimum atomic E-state index is 0.776. The van der Waals surface area contributed by atoms with Crippen molar-refractivity contribution in [3.05, 3.63) is 83.9 Å². The molecular weight excluding hydrogens is 394 g/mol. The highest BCUT2D eigenvalue weighted by Crippen LogP contribution is 2.38. The van der Waals surface area contributed by atoms with Crippen molar-refractivity contribution in [1.82, 2.24) is 9.88 Å². The van der Waals surface area contributed by atoms with Crippen LogP contribution in [0.2, 0.25) is 0 Å². The molecule has 29 heavy (non-hydrogen) atoms. The number of hydrogen-bond donors (Lipinski definition) is 0. The third-order valence-corrected chi connectivity index (χ3v) is 6.87. The van der Waals surface area contributed by atoms with E-state index in [1.54, 1.807) is 11.8 Å². The molecule has 3 aromatic carbocycles. The Hall–Kier alpha value is -2.47. The lowest BCUT2D eigenvalue weighted by Crippen LogP contribution is -2.44. The van der Waals surface area contributed by atoms with E-state index in [0.717, 1.165) is 45.2 Å². The molecule has 0 atom stereocenters. The smallest absolute Gasteiger partial charge is 0.143 e. The number of benzene rings is 3. The molecule has 5 rings (SSSR count). The van der Waals surface area contributed by atoms with Gasteiger partial charge in [-0.1, -0.05) is 90.7 Å². The summed E-state index contributed by atoms with van der Waals surface area (Å²) < 4.78 is 0.925. The van der Waals surface area contributed by atoms with E-state index in [1.165, 1.54) is 16.8 Å². The Kier molecular flexibility index (Phi) is 4.96. The van der Waals surface area contributed by atoms with E-state index >= 15 is 0 Å². The summed E-state index contributed by atoms with van der Waals surface area (Å²) >= 11 is 7.56. The maximum atomic E-state index is 5.83. The Labute approximate surface area is 180 Å². The number of nitrogens with zero attached hydrogens (tertiary/aromatic N) is 3. The van der Waals surface area contributed by atoms with Crippen molar-refractivity contribution in [2.45, 2.75) is 13.5 Å². The van der Waals surface area contributed by atoms with Gasteiger partial charge in [0.1, 0.15) is 4.32 Å². The molecule has 0 aliphatic carbocycles. The van der Waals surface area contributed by atoms with Crippen molar-refractivity contribution in [3.8, 4) is 0 Å². The van der Waals surface area contributed by atoms with Crippen LogP contribution >= 0.6 is 24.0 Å². The maximum absolute atomic E-state index is 5.83. The number of thioether (sulfide) groups is 1. The fraction of sp³-hybridized carbons (Fsp3) is 0.167. The van der Waals surface area contributed by atoms with Gasteiger partial charge in [0, 0.05) is 17.3 Å². The molecule has 1 fully saturated rings. The lowest BCUT2D eigenvalue weighted by molar-refractivity contribution is 0.321. The van der Waals surface area contributed by atoms with E-state index in [0.29, 0.717) is 0 Å². The number of aromatic nitrogens is 1. The van der Waals surface area contributed by atoms with Gasteiger partial charge in [-0.25, -0.2) is 4.98 Å². The van der Waals surface area contributed by atoms with Crippen LogP contribution in [0.1, 0.15) is 11.1 Å². The standard InChI is InChI=1S/C24H21N3S2/c1-17-8-7-12-20-22(17)25-21-13-6-5-11-19(21)23(20)27-15-26(16-29-24(27)28)14-18-9-3-2-4-10-18/h2-13H,14-16H2,1H3. The molecule has 0 unspecified atom stereocenters. The molecular formula is C24H21N3S2. The van der Waals surface area contributed by atoms with Gasteiger partial charge in [0.25, 0.3) is 0 Å². The summed E-state index contributed by atoms with van der Waals surface area (Å²) in [4.78, 5) is 9.68. The lowest BCUT2D eigenvalue weighted by Gasteiger charge is -2.37. The second-order valence-electron chi connectivity index (χ2n) is 7.37. The SMILES string of the molecule is Cc1cccc2c(N3CN(Cc4ccccc4)CSC3=S)c3ccccc3nc12. The number of pyridine rings is 1. The first-order chi connectivity index (χ1) is 14.2. The number of fused-ring (bicyclic) bond motifs is 2. The van der Waals surface area contributed by atoms with Gasteiger partial charge in [-0.3, -0.25) is 4.90 Å². The third kappa shape index (κ3) is 3.50. The van der Waals surface area contributed by atoms with Gasteiger partial charge in [0.05, 0.1) is 29.3 Å². The highest BCUT2D eigenvalue weighted by atomic mass is 32.2. The number of para-hydroxylation sites is 2. The summed E-state index contributed by atoms with van der Waals surface area (Å²) in [6.07, 6.45) is 0. The molecule has 0 radical (unpaired) electrons. The second kappa shape index (κ2) is 7.75. The first-order valence-electron chi connectivity index (χ1n) is 9.69. The number of anilines is 1. The van der Waals surface area contributed by atoms with Crippen LogP contribution in [0.4, 0.5) is 5.69 Å². The largest absolute Gasteiger partial charge is 0.312 e. The molecule has 0 amide bonds. The van der Waals surface area contributed by atoms with Crippen LogP contribution in [0.15, 0.2) is 72.8 Å². The van der Waals surface area contributed by atoms with Gasteiger partial charge in [-0.05, 0) is 24.1 Å². The summed E-state index contributed by atoms with van der Waals surface area (Å²) in [5, 5.41) is 2.31. The van der Waals surface area contributed by atoms with Gasteiger partial charge in [-0.15, -0.1) is 0 Å². The molecule has 1 saturated heterocycles. The lowest BCUT2D eigenvalue weighted by atomic mass is 10.0. The fourth-order valence-corrected chi connectivity index (χ4v) is 5.03. The highest BCUT2D eigenvalue weighted by Gasteiger charge is 2.26. The van der Waals surface area contributed by atoms with Gasteiger partial charge < -0.3 is 4.90 Å². The number of thiocarbonyl (C=S) groups is 1. The molecule has 3 nitrogen and oxygen atoms in total. The summed E-state index contributed by atoms with van der Waals surface area (Å²) in [6, 6.07) is 25.4. The minimum absolute atomic E-state index is 0.776. The monoisotopic (exact) mass is 415 g/mol. The molecule has 1 aromatic heterocycles.